The van der Waals surface area contributed by atoms with Gasteiger partial charge in [0.05, 0.1) is 0 Å². The maximum Gasteiger partial charge on any atom is 0.416 e. The van der Waals surface area contributed by atoms with Gasteiger partial charge in [0, 0.05) is 25.6 Å². The maximum atomic E-state index is 13.9. The van der Waals surface area contributed by atoms with Crippen molar-refractivity contribution in [2.75, 3.05) is 5.32 Å². The van der Waals surface area contributed by atoms with Gasteiger partial charge < -0.3 is 15.1 Å². The molecule has 2 amide bonds. The van der Waals surface area contributed by atoms with Crippen LogP contribution in [0.25, 0.3) is 11.0 Å². The van der Waals surface area contributed by atoms with E-state index in [0.717, 1.165) is 23.6 Å². The SMILES string of the molecule is CCc1ccc(NC(=O)N[C@H](c2oc3c(F)cc(F)cc3c2C)C(F)(F)F)cc1C.[HH].[HH]. The van der Waals surface area contributed by atoms with Gasteiger partial charge in [0.1, 0.15) is 11.6 Å². The van der Waals surface area contributed by atoms with Gasteiger partial charge in [-0.25, -0.2) is 13.6 Å². The molecule has 0 aliphatic heterocycles. The van der Waals surface area contributed by atoms with E-state index in [0.29, 0.717) is 11.8 Å². The molecule has 3 aromatic rings. The topological polar surface area (TPSA) is 54.3 Å². The molecule has 9 heteroatoms. The van der Waals surface area contributed by atoms with Crippen molar-refractivity contribution in [2.45, 2.75) is 39.4 Å². The second-order valence-corrected chi connectivity index (χ2v) is 6.92. The molecule has 0 spiro atoms. The quantitative estimate of drug-likeness (QED) is 0.447. The Balaban J connectivity index is 0.00000256. The summed E-state index contributed by atoms with van der Waals surface area (Å²) in [5.41, 5.74) is 1.62. The molecule has 0 radical (unpaired) electrons. The highest BCUT2D eigenvalue weighted by Crippen LogP contribution is 2.39. The molecule has 0 saturated heterocycles. The van der Waals surface area contributed by atoms with Gasteiger partial charge in [0.15, 0.2) is 17.4 Å². The van der Waals surface area contributed by atoms with Crippen LogP contribution in [0.3, 0.4) is 0 Å². The summed E-state index contributed by atoms with van der Waals surface area (Å²) in [6.45, 7) is 5.03. The van der Waals surface area contributed by atoms with E-state index in [4.69, 9.17) is 4.42 Å². The van der Waals surface area contributed by atoms with Crippen molar-refractivity contribution in [3.05, 3.63) is 64.4 Å². The zero-order chi connectivity index (χ0) is 22.2. The molecular weight excluding hydrogens is 407 g/mol. The van der Waals surface area contributed by atoms with Crippen molar-refractivity contribution in [2.24, 2.45) is 0 Å². The lowest BCUT2D eigenvalue weighted by atomic mass is 10.1. The number of alkyl halides is 3. The van der Waals surface area contributed by atoms with Crippen LogP contribution < -0.4 is 10.6 Å². The molecule has 30 heavy (non-hydrogen) atoms. The minimum Gasteiger partial charge on any atom is -0.455 e. The third kappa shape index (κ3) is 4.24. The minimum atomic E-state index is -4.94. The van der Waals surface area contributed by atoms with Gasteiger partial charge in [-0.15, -0.1) is 0 Å². The summed E-state index contributed by atoms with van der Waals surface area (Å²) in [5, 5.41) is 4.04. The molecule has 0 aliphatic rings. The van der Waals surface area contributed by atoms with Gasteiger partial charge in [-0.3, -0.25) is 0 Å². The van der Waals surface area contributed by atoms with Crippen LogP contribution in [0.15, 0.2) is 34.7 Å². The third-order valence-electron chi connectivity index (χ3n) is 4.84. The molecule has 1 aromatic heterocycles. The Kier molecular flexibility index (Phi) is 5.74. The third-order valence-corrected chi connectivity index (χ3v) is 4.84. The Bertz CT molecular complexity index is 1120. The van der Waals surface area contributed by atoms with Gasteiger partial charge in [-0.2, -0.15) is 13.2 Å². The summed E-state index contributed by atoms with van der Waals surface area (Å²) >= 11 is 0. The average Bonchev–Trinajstić information content (AvgIpc) is 2.96. The number of amides is 2. The summed E-state index contributed by atoms with van der Waals surface area (Å²) < 4.78 is 73.5. The van der Waals surface area contributed by atoms with E-state index >= 15 is 0 Å². The molecule has 0 aliphatic carbocycles. The lowest BCUT2D eigenvalue weighted by Crippen LogP contribution is -2.40. The van der Waals surface area contributed by atoms with Crippen LogP contribution in [-0.4, -0.2) is 12.2 Å². The summed E-state index contributed by atoms with van der Waals surface area (Å²) in [6.07, 6.45) is -4.16. The number of benzene rings is 2. The van der Waals surface area contributed by atoms with Gasteiger partial charge in [-0.05, 0) is 49.6 Å². The Morgan fingerprint density at radius 3 is 2.47 bits per heavy atom. The fourth-order valence-electron chi connectivity index (χ4n) is 3.30. The normalized spacial score (nSPS) is 12.8. The molecule has 2 aromatic carbocycles. The van der Waals surface area contributed by atoms with Crippen LogP contribution in [0.1, 0.15) is 38.3 Å². The highest BCUT2D eigenvalue weighted by atomic mass is 19.4. The van der Waals surface area contributed by atoms with Crippen LogP contribution in [0.4, 0.5) is 32.4 Å². The molecule has 2 N–H and O–H groups in total. The molecule has 0 unspecified atom stereocenters. The molecule has 164 valence electrons. The number of rotatable bonds is 4. The molecule has 0 bridgehead atoms. The summed E-state index contributed by atoms with van der Waals surface area (Å²) in [6, 6.07) is 2.72. The maximum absolute atomic E-state index is 13.9. The van der Waals surface area contributed by atoms with Crippen molar-refractivity contribution in [1.29, 1.82) is 0 Å². The highest BCUT2D eigenvalue weighted by molar-refractivity contribution is 5.90. The Morgan fingerprint density at radius 2 is 1.87 bits per heavy atom. The van der Waals surface area contributed by atoms with E-state index in [2.05, 4.69) is 5.32 Å². The van der Waals surface area contributed by atoms with Crippen molar-refractivity contribution in [1.82, 2.24) is 5.32 Å². The van der Waals surface area contributed by atoms with Crippen LogP contribution >= 0.6 is 0 Å². The number of halogens is 5. The number of aryl methyl sites for hydroxylation is 3. The van der Waals surface area contributed by atoms with E-state index in [1.165, 1.54) is 6.92 Å². The molecule has 3 rings (SSSR count). The van der Waals surface area contributed by atoms with Crippen LogP contribution in [-0.2, 0) is 6.42 Å². The first kappa shape index (κ1) is 21.6. The fourth-order valence-corrected chi connectivity index (χ4v) is 3.30. The van der Waals surface area contributed by atoms with Gasteiger partial charge in [0.2, 0.25) is 0 Å². The Labute approximate surface area is 172 Å². The first-order chi connectivity index (χ1) is 14.0. The van der Waals surface area contributed by atoms with Crippen molar-refractivity contribution in [3.8, 4) is 0 Å². The number of anilines is 1. The monoisotopic (exact) mass is 430 g/mol. The van der Waals surface area contributed by atoms with Crippen LogP contribution in [0.2, 0.25) is 0 Å². The summed E-state index contributed by atoms with van der Waals surface area (Å²) in [5.74, 6) is -2.79. The van der Waals surface area contributed by atoms with Gasteiger partial charge in [-0.1, -0.05) is 13.0 Å². The zero-order valence-corrected chi connectivity index (χ0v) is 16.4. The predicted molar refractivity (Wildman–Crippen MR) is 107 cm³/mol. The number of urea groups is 1. The first-order valence-corrected chi connectivity index (χ1v) is 9.13. The number of carbonyl (C=O) groups is 1. The second kappa shape index (κ2) is 7.97. The predicted octanol–water partition coefficient (Wildman–Crippen LogP) is 6.81. The van der Waals surface area contributed by atoms with Crippen molar-refractivity contribution < 1.29 is 34.0 Å². The molecule has 0 saturated carbocycles. The Morgan fingerprint density at radius 1 is 1.17 bits per heavy atom. The van der Waals surface area contributed by atoms with E-state index in [1.807, 2.05) is 19.2 Å². The Hall–Kier alpha value is -3.10. The molecule has 1 heterocycles. The number of carbonyl (C=O) groups excluding carboxylic acids is 1. The summed E-state index contributed by atoms with van der Waals surface area (Å²) in [4.78, 5) is 12.3. The van der Waals surface area contributed by atoms with Crippen LogP contribution in [0, 0.1) is 25.5 Å². The zero-order valence-electron chi connectivity index (χ0n) is 16.4. The van der Waals surface area contributed by atoms with E-state index in [-0.39, 0.29) is 13.8 Å². The van der Waals surface area contributed by atoms with Gasteiger partial charge in [0.25, 0.3) is 0 Å². The summed E-state index contributed by atoms with van der Waals surface area (Å²) in [7, 11) is 0. The molecule has 4 nitrogen and oxygen atoms in total. The van der Waals surface area contributed by atoms with E-state index in [1.54, 1.807) is 18.2 Å². The number of furan rings is 1. The number of hydrogen-bond donors (Lipinski definition) is 2. The molecule has 0 fully saturated rings. The lowest BCUT2D eigenvalue weighted by Gasteiger charge is -2.21. The largest absolute Gasteiger partial charge is 0.455 e. The smallest absolute Gasteiger partial charge is 0.416 e. The number of fused-ring (bicyclic) bond motifs is 1. The van der Waals surface area contributed by atoms with Gasteiger partial charge >= 0.3 is 12.2 Å². The number of hydrogen-bond acceptors (Lipinski definition) is 2. The standard InChI is InChI=1S/C21H19F5N2O2.2H2/c1-4-12-5-6-14(7-10(12)2)27-20(29)28-19(21(24,25)26)17-11(3)15-8-13(22)9-16(23)18(15)30-17;;/h5-9,19H,4H2,1-3H3,(H2,27,28,29);2*1H/t19-;;/m1../s1. The van der Waals surface area contributed by atoms with Crippen LogP contribution in [0.5, 0.6) is 0 Å². The van der Waals surface area contributed by atoms with E-state index < -0.39 is 41.2 Å². The highest BCUT2D eigenvalue weighted by Gasteiger charge is 2.45. The average molecular weight is 430 g/mol. The second-order valence-electron chi connectivity index (χ2n) is 6.92. The van der Waals surface area contributed by atoms with Crippen molar-refractivity contribution >= 4 is 22.7 Å². The fraction of sp³-hybridized carbons (Fsp3) is 0.286. The lowest BCUT2D eigenvalue weighted by molar-refractivity contribution is -0.158. The number of nitrogens with one attached hydrogen (secondary N) is 2. The molecule has 1 atom stereocenters. The van der Waals surface area contributed by atoms with E-state index in [9.17, 15) is 26.7 Å². The minimum absolute atomic E-state index is 0. The van der Waals surface area contributed by atoms with Crippen molar-refractivity contribution in [3.63, 3.8) is 0 Å². The molecular formula is C21H23F5N2O2. The first-order valence-electron chi connectivity index (χ1n) is 9.13.